The number of nitrogens with one attached hydrogen (secondary N) is 2. The third-order valence-corrected chi connectivity index (χ3v) is 2.62. The second-order valence-electron chi connectivity index (χ2n) is 4.18. The molecule has 1 rings (SSSR count). The van der Waals surface area contributed by atoms with E-state index < -0.39 is 28.4 Å². The Morgan fingerprint density at radius 1 is 1.55 bits per heavy atom. The number of pyridine rings is 1. The summed E-state index contributed by atoms with van der Waals surface area (Å²) in [5.74, 6) is -0.292. The monoisotopic (exact) mass is 285 g/mol. The Morgan fingerprint density at radius 2 is 2.20 bits per heavy atom. The fraction of sp³-hybridized carbons (Fsp3) is 0.455. The Hall–Kier alpha value is -2.26. The number of aliphatic hydroxyl groups excluding tert-OH is 2. The lowest BCUT2D eigenvalue weighted by Gasteiger charge is -2.17. The van der Waals surface area contributed by atoms with Gasteiger partial charge in [0.15, 0.2) is 0 Å². The fourth-order valence-corrected chi connectivity index (χ4v) is 1.58. The molecule has 0 aromatic carbocycles. The van der Waals surface area contributed by atoms with Crippen LogP contribution in [-0.4, -0.2) is 38.7 Å². The Morgan fingerprint density at radius 3 is 2.75 bits per heavy atom. The number of H-pyrrole nitrogens is 1. The highest BCUT2D eigenvalue weighted by molar-refractivity contribution is 5.72. The third-order valence-electron chi connectivity index (χ3n) is 2.62. The van der Waals surface area contributed by atoms with Gasteiger partial charge in [0.2, 0.25) is 5.91 Å². The Kier molecular flexibility index (Phi) is 5.35. The van der Waals surface area contributed by atoms with Crippen LogP contribution in [0.5, 0.6) is 0 Å². The first-order chi connectivity index (χ1) is 9.32. The zero-order valence-corrected chi connectivity index (χ0v) is 10.7. The van der Waals surface area contributed by atoms with Gasteiger partial charge in [0.05, 0.1) is 22.8 Å². The first-order valence-electron chi connectivity index (χ1n) is 5.80. The molecule has 20 heavy (non-hydrogen) atoms. The van der Waals surface area contributed by atoms with Crippen LogP contribution in [0, 0.1) is 10.1 Å². The lowest BCUT2D eigenvalue weighted by atomic mass is 10.0. The van der Waals surface area contributed by atoms with Crippen molar-refractivity contribution < 1.29 is 19.9 Å². The molecule has 0 spiro atoms. The summed E-state index contributed by atoms with van der Waals surface area (Å²) in [6.45, 7) is 1.41. The van der Waals surface area contributed by atoms with Crippen molar-refractivity contribution in [2.24, 2.45) is 0 Å². The van der Waals surface area contributed by atoms with E-state index in [2.05, 4.69) is 10.3 Å². The smallest absolute Gasteiger partial charge is 0.285 e. The molecule has 1 aromatic heterocycles. The van der Waals surface area contributed by atoms with E-state index in [1.165, 1.54) is 6.92 Å². The van der Waals surface area contributed by atoms with Crippen LogP contribution in [0.4, 0.5) is 5.69 Å². The first-order valence-corrected chi connectivity index (χ1v) is 5.80. The molecule has 0 bridgehead atoms. The molecule has 2 atom stereocenters. The standard InChI is InChI=1S/C11H15N3O6/c1-6(15)12-3-2-9(16)10(17)8-4-7(14(19)20)5-13-11(8)18/h4-5,9-10,16-17H,2-3H2,1H3,(H,12,15)(H,13,18). The predicted molar refractivity (Wildman–Crippen MR) is 68.0 cm³/mol. The van der Waals surface area contributed by atoms with E-state index in [1.807, 2.05) is 0 Å². The summed E-state index contributed by atoms with van der Waals surface area (Å²) in [6.07, 6.45) is -2.00. The van der Waals surface area contributed by atoms with Gasteiger partial charge >= 0.3 is 0 Å². The minimum absolute atomic E-state index is 0.00286. The average Bonchev–Trinajstić information content (AvgIpc) is 2.37. The first kappa shape index (κ1) is 15.8. The maximum Gasteiger partial charge on any atom is 0.285 e. The number of amides is 1. The van der Waals surface area contributed by atoms with E-state index in [9.17, 15) is 29.9 Å². The number of hydrogen-bond donors (Lipinski definition) is 4. The Bertz CT molecular complexity index is 555. The minimum atomic E-state index is -1.58. The molecule has 0 fully saturated rings. The van der Waals surface area contributed by atoms with Gasteiger partial charge in [-0.25, -0.2) is 0 Å². The largest absolute Gasteiger partial charge is 0.390 e. The number of aromatic nitrogens is 1. The van der Waals surface area contributed by atoms with Crippen LogP contribution in [-0.2, 0) is 4.79 Å². The molecule has 1 heterocycles. The van der Waals surface area contributed by atoms with Crippen molar-refractivity contribution in [3.8, 4) is 0 Å². The van der Waals surface area contributed by atoms with Crippen molar-refractivity contribution in [3.63, 3.8) is 0 Å². The molecule has 4 N–H and O–H groups in total. The molecule has 110 valence electrons. The minimum Gasteiger partial charge on any atom is -0.390 e. The number of carbonyl (C=O) groups excluding carboxylic acids is 1. The van der Waals surface area contributed by atoms with E-state index in [-0.39, 0.29) is 24.4 Å². The molecule has 1 amide bonds. The molecule has 0 aliphatic rings. The average molecular weight is 285 g/mol. The van der Waals surface area contributed by atoms with Gasteiger partial charge in [-0.15, -0.1) is 0 Å². The third kappa shape index (κ3) is 4.14. The van der Waals surface area contributed by atoms with Crippen LogP contribution < -0.4 is 10.9 Å². The van der Waals surface area contributed by atoms with E-state index in [0.717, 1.165) is 12.3 Å². The molecule has 0 radical (unpaired) electrons. The summed E-state index contributed by atoms with van der Waals surface area (Å²) in [4.78, 5) is 34.1. The van der Waals surface area contributed by atoms with Gasteiger partial charge < -0.3 is 20.5 Å². The van der Waals surface area contributed by atoms with Crippen molar-refractivity contribution in [1.29, 1.82) is 0 Å². The van der Waals surface area contributed by atoms with Gasteiger partial charge in [-0.05, 0) is 6.42 Å². The zero-order chi connectivity index (χ0) is 15.3. The molecule has 9 nitrogen and oxygen atoms in total. The molecular weight excluding hydrogens is 270 g/mol. The number of aliphatic hydroxyl groups is 2. The van der Waals surface area contributed by atoms with Crippen LogP contribution in [0.2, 0.25) is 0 Å². The van der Waals surface area contributed by atoms with E-state index in [1.54, 1.807) is 0 Å². The number of aromatic amines is 1. The number of rotatable bonds is 6. The SMILES string of the molecule is CC(=O)NCCC(O)C(O)c1cc([N+](=O)[O-])c[nH]c1=O. The van der Waals surface area contributed by atoms with Crippen molar-refractivity contribution in [2.45, 2.75) is 25.6 Å². The molecule has 2 unspecified atom stereocenters. The van der Waals surface area contributed by atoms with Crippen molar-refractivity contribution in [1.82, 2.24) is 10.3 Å². The van der Waals surface area contributed by atoms with Gasteiger partial charge in [-0.2, -0.15) is 0 Å². The molecule has 1 aromatic rings. The quantitative estimate of drug-likeness (QED) is 0.398. The zero-order valence-electron chi connectivity index (χ0n) is 10.7. The predicted octanol–water partition coefficient (Wildman–Crippen LogP) is -0.796. The van der Waals surface area contributed by atoms with Gasteiger partial charge in [0.1, 0.15) is 6.10 Å². The van der Waals surface area contributed by atoms with Gasteiger partial charge in [0, 0.05) is 19.5 Å². The van der Waals surface area contributed by atoms with E-state index >= 15 is 0 Å². The topological polar surface area (TPSA) is 146 Å². The fourth-order valence-electron chi connectivity index (χ4n) is 1.58. The summed E-state index contributed by atoms with van der Waals surface area (Å²) in [5, 5.41) is 32.6. The van der Waals surface area contributed by atoms with Crippen LogP contribution in [0.25, 0.3) is 0 Å². The van der Waals surface area contributed by atoms with Gasteiger partial charge in [-0.1, -0.05) is 0 Å². The second-order valence-corrected chi connectivity index (χ2v) is 4.18. The highest BCUT2D eigenvalue weighted by atomic mass is 16.6. The van der Waals surface area contributed by atoms with Crippen molar-refractivity contribution in [2.75, 3.05) is 6.54 Å². The summed E-state index contributed by atoms with van der Waals surface area (Å²) < 4.78 is 0. The molecule has 9 heteroatoms. The van der Waals surface area contributed by atoms with Gasteiger partial charge in [0.25, 0.3) is 11.2 Å². The Labute approximate surface area is 113 Å². The normalized spacial score (nSPS) is 13.6. The number of nitrogens with zero attached hydrogens (tertiary/aromatic N) is 1. The summed E-state index contributed by atoms with van der Waals surface area (Å²) in [7, 11) is 0. The number of carbonyl (C=O) groups is 1. The highest BCUT2D eigenvalue weighted by Crippen LogP contribution is 2.18. The molecule has 0 aliphatic heterocycles. The second kappa shape index (κ2) is 6.78. The van der Waals surface area contributed by atoms with Crippen LogP contribution >= 0.6 is 0 Å². The van der Waals surface area contributed by atoms with E-state index in [0.29, 0.717) is 0 Å². The number of nitro groups is 1. The van der Waals surface area contributed by atoms with Crippen LogP contribution in [0.15, 0.2) is 17.1 Å². The molecular formula is C11H15N3O6. The molecule has 0 aliphatic carbocycles. The lowest BCUT2D eigenvalue weighted by molar-refractivity contribution is -0.385. The highest BCUT2D eigenvalue weighted by Gasteiger charge is 2.23. The van der Waals surface area contributed by atoms with Gasteiger partial charge in [-0.3, -0.25) is 19.7 Å². The molecule has 0 saturated carbocycles. The van der Waals surface area contributed by atoms with Crippen LogP contribution in [0.1, 0.15) is 25.0 Å². The van der Waals surface area contributed by atoms with Crippen LogP contribution in [0.3, 0.4) is 0 Å². The van der Waals surface area contributed by atoms with E-state index in [4.69, 9.17) is 0 Å². The van der Waals surface area contributed by atoms with Crippen molar-refractivity contribution in [3.05, 3.63) is 38.3 Å². The maximum atomic E-state index is 11.5. The number of hydrogen-bond acceptors (Lipinski definition) is 6. The summed E-state index contributed by atoms with van der Waals surface area (Å²) >= 11 is 0. The Balaban J connectivity index is 2.82. The summed E-state index contributed by atoms with van der Waals surface area (Å²) in [6, 6.07) is 0.908. The maximum absolute atomic E-state index is 11.5. The summed E-state index contributed by atoms with van der Waals surface area (Å²) in [5.41, 5.74) is -1.41. The molecule has 0 saturated heterocycles. The lowest BCUT2D eigenvalue weighted by Crippen LogP contribution is -2.30. The van der Waals surface area contributed by atoms with Crippen molar-refractivity contribution >= 4 is 11.6 Å².